The molecular formula is C8H10N2O. The van der Waals surface area contributed by atoms with Gasteiger partial charge < -0.3 is 0 Å². The van der Waals surface area contributed by atoms with Crippen molar-refractivity contribution in [3.8, 4) is 6.07 Å². The normalized spacial score (nSPS) is 24.1. The molecule has 0 aromatic heterocycles. The average Bonchev–Trinajstić information content (AvgIpc) is 2.70. The van der Waals surface area contributed by atoms with Crippen molar-refractivity contribution < 1.29 is 4.79 Å². The lowest BCUT2D eigenvalue weighted by Gasteiger charge is -2.21. The molecule has 1 unspecified atom stereocenters. The van der Waals surface area contributed by atoms with E-state index >= 15 is 0 Å². The van der Waals surface area contributed by atoms with Crippen LogP contribution in [0.25, 0.3) is 0 Å². The van der Waals surface area contributed by atoms with Crippen LogP contribution in [0.15, 0.2) is 4.99 Å². The molecule has 1 atom stereocenters. The molecule has 0 aliphatic heterocycles. The molecule has 3 nitrogen and oxygen atoms in total. The Balaban J connectivity index is 2.94. The Morgan fingerprint density at radius 3 is 2.45 bits per heavy atom. The second kappa shape index (κ2) is 2.18. The molecule has 1 fully saturated rings. The summed E-state index contributed by atoms with van der Waals surface area (Å²) >= 11 is 0. The zero-order valence-corrected chi connectivity index (χ0v) is 6.72. The van der Waals surface area contributed by atoms with Gasteiger partial charge in [-0.2, -0.15) is 10.3 Å². The molecule has 0 radical (unpaired) electrons. The van der Waals surface area contributed by atoms with E-state index in [1.165, 1.54) is 6.08 Å². The van der Waals surface area contributed by atoms with Crippen LogP contribution in [-0.2, 0) is 4.79 Å². The number of aliphatic imine (C=N–C) groups is 1. The van der Waals surface area contributed by atoms with Gasteiger partial charge in [0, 0.05) is 5.41 Å². The predicted octanol–water partition coefficient (Wildman–Crippen LogP) is 1.40. The first-order chi connectivity index (χ1) is 5.08. The Morgan fingerprint density at radius 1 is 1.64 bits per heavy atom. The first kappa shape index (κ1) is 7.97. The Bertz CT molecular complexity index is 256. The third-order valence-electron chi connectivity index (χ3n) is 2.66. The van der Waals surface area contributed by atoms with Gasteiger partial charge in [-0.1, -0.05) is 6.92 Å². The predicted molar refractivity (Wildman–Crippen MR) is 39.5 cm³/mol. The first-order valence-corrected chi connectivity index (χ1v) is 3.58. The molecule has 0 saturated heterocycles. The number of carbonyl (C=O) groups excluding carboxylic acids is 1. The van der Waals surface area contributed by atoms with Crippen LogP contribution in [-0.4, -0.2) is 11.6 Å². The fourth-order valence-corrected chi connectivity index (χ4v) is 1.06. The van der Waals surface area contributed by atoms with E-state index in [1.807, 2.05) is 6.92 Å². The van der Waals surface area contributed by atoms with Crippen LogP contribution < -0.4 is 0 Å². The van der Waals surface area contributed by atoms with Crippen LogP contribution in [0.1, 0.15) is 26.7 Å². The molecule has 0 aromatic carbocycles. The topological polar surface area (TPSA) is 53.2 Å². The van der Waals surface area contributed by atoms with E-state index < -0.39 is 5.54 Å². The SMILES string of the molecule is CC1(C(C)(C#N)N=C=O)CC1. The van der Waals surface area contributed by atoms with Crippen molar-refractivity contribution in [2.75, 3.05) is 0 Å². The van der Waals surface area contributed by atoms with Crippen molar-refractivity contribution in [1.29, 1.82) is 5.26 Å². The highest BCUT2D eigenvalue weighted by atomic mass is 16.1. The lowest BCUT2D eigenvalue weighted by Crippen LogP contribution is -2.30. The highest BCUT2D eigenvalue weighted by molar-refractivity contribution is 5.38. The van der Waals surface area contributed by atoms with Gasteiger partial charge in [-0.25, -0.2) is 4.79 Å². The van der Waals surface area contributed by atoms with E-state index in [1.54, 1.807) is 6.92 Å². The van der Waals surface area contributed by atoms with Gasteiger partial charge in [0.2, 0.25) is 6.08 Å². The zero-order valence-electron chi connectivity index (χ0n) is 6.72. The van der Waals surface area contributed by atoms with Gasteiger partial charge in [-0.3, -0.25) is 0 Å². The molecule has 3 heteroatoms. The second-order valence-corrected chi connectivity index (χ2v) is 3.45. The average molecular weight is 150 g/mol. The van der Waals surface area contributed by atoms with Gasteiger partial charge in [0.25, 0.3) is 0 Å². The van der Waals surface area contributed by atoms with E-state index in [0.717, 1.165) is 12.8 Å². The van der Waals surface area contributed by atoms with Crippen molar-refractivity contribution >= 4 is 6.08 Å². The Kier molecular flexibility index (Phi) is 1.58. The summed E-state index contributed by atoms with van der Waals surface area (Å²) in [5.74, 6) is 0. The van der Waals surface area contributed by atoms with Crippen LogP contribution in [0, 0.1) is 16.7 Å². The van der Waals surface area contributed by atoms with E-state index in [0.29, 0.717) is 0 Å². The summed E-state index contributed by atoms with van der Waals surface area (Å²) in [6, 6.07) is 2.05. The van der Waals surface area contributed by atoms with Crippen molar-refractivity contribution in [2.45, 2.75) is 32.2 Å². The summed E-state index contributed by atoms with van der Waals surface area (Å²) in [6.07, 6.45) is 3.41. The molecule has 1 aliphatic rings. The third kappa shape index (κ3) is 1.06. The fourth-order valence-electron chi connectivity index (χ4n) is 1.06. The smallest absolute Gasteiger partial charge is 0.211 e. The molecule has 0 aromatic rings. The van der Waals surface area contributed by atoms with Crippen LogP contribution in [0.2, 0.25) is 0 Å². The molecule has 0 bridgehead atoms. The molecule has 0 N–H and O–H groups in total. The maximum absolute atomic E-state index is 10.0. The van der Waals surface area contributed by atoms with Gasteiger partial charge in [0.15, 0.2) is 5.54 Å². The van der Waals surface area contributed by atoms with Crippen molar-refractivity contribution in [3.63, 3.8) is 0 Å². The van der Waals surface area contributed by atoms with Crippen LogP contribution in [0.5, 0.6) is 0 Å². The highest BCUT2D eigenvalue weighted by Gasteiger charge is 2.54. The summed E-state index contributed by atoms with van der Waals surface area (Å²) in [4.78, 5) is 13.6. The second-order valence-electron chi connectivity index (χ2n) is 3.45. The largest absolute Gasteiger partial charge is 0.236 e. The molecule has 11 heavy (non-hydrogen) atoms. The van der Waals surface area contributed by atoms with E-state index in [4.69, 9.17) is 5.26 Å². The molecule has 0 amide bonds. The molecule has 1 saturated carbocycles. The summed E-state index contributed by atoms with van der Waals surface area (Å²) < 4.78 is 0. The molecule has 1 aliphatic carbocycles. The number of hydrogen-bond acceptors (Lipinski definition) is 3. The van der Waals surface area contributed by atoms with E-state index in [-0.39, 0.29) is 5.41 Å². The molecule has 58 valence electrons. The molecule has 0 spiro atoms. The fraction of sp³-hybridized carbons (Fsp3) is 0.750. The van der Waals surface area contributed by atoms with Gasteiger partial charge in [-0.05, 0) is 19.8 Å². The van der Waals surface area contributed by atoms with E-state index in [2.05, 4.69) is 11.1 Å². The summed E-state index contributed by atoms with van der Waals surface area (Å²) in [5, 5.41) is 8.77. The highest BCUT2D eigenvalue weighted by Crippen LogP contribution is 2.54. The minimum absolute atomic E-state index is 0.0842. The minimum Gasteiger partial charge on any atom is -0.211 e. The zero-order chi connectivity index (χ0) is 8.54. The van der Waals surface area contributed by atoms with Crippen LogP contribution >= 0.6 is 0 Å². The van der Waals surface area contributed by atoms with Gasteiger partial charge in [-0.15, -0.1) is 0 Å². The maximum atomic E-state index is 10.0. The lowest BCUT2D eigenvalue weighted by molar-refractivity contribution is 0.375. The Hall–Kier alpha value is -1.13. The Morgan fingerprint density at radius 2 is 2.18 bits per heavy atom. The molecular weight excluding hydrogens is 140 g/mol. The lowest BCUT2D eigenvalue weighted by atomic mass is 9.86. The minimum atomic E-state index is -0.852. The van der Waals surface area contributed by atoms with Gasteiger partial charge in [0.05, 0.1) is 6.07 Å². The van der Waals surface area contributed by atoms with Crippen molar-refractivity contribution in [2.24, 2.45) is 10.4 Å². The van der Waals surface area contributed by atoms with Crippen molar-refractivity contribution in [1.82, 2.24) is 0 Å². The summed E-state index contributed by atoms with van der Waals surface area (Å²) in [7, 11) is 0. The van der Waals surface area contributed by atoms with Gasteiger partial charge >= 0.3 is 0 Å². The quantitative estimate of drug-likeness (QED) is 0.441. The number of hydrogen-bond donors (Lipinski definition) is 0. The third-order valence-corrected chi connectivity index (χ3v) is 2.66. The Labute approximate surface area is 65.7 Å². The van der Waals surface area contributed by atoms with E-state index in [9.17, 15) is 4.79 Å². The summed E-state index contributed by atoms with van der Waals surface area (Å²) in [6.45, 7) is 3.65. The van der Waals surface area contributed by atoms with Gasteiger partial charge in [0.1, 0.15) is 0 Å². The number of nitriles is 1. The maximum Gasteiger partial charge on any atom is 0.236 e. The molecule has 0 heterocycles. The summed E-state index contributed by atoms with van der Waals surface area (Å²) in [5.41, 5.74) is -0.937. The van der Waals surface area contributed by atoms with Crippen LogP contribution in [0.3, 0.4) is 0 Å². The monoisotopic (exact) mass is 150 g/mol. The van der Waals surface area contributed by atoms with Crippen molar-refractivity contribution in [3.05, 3.63) is 0 Å². The number of nitrogens with zero attached hydrogens (tertiary/aromatic N) is 2. The molecule has 1 rings (SSSR count). The number of isocyanates is 1. The van der Waals surface area contributed by atoms with Crippen LogP contribution in [0.4, 0.5) is 0 Å². The number of rotatable bonds is 2. The standard InChI is InChI=1S/C8H10N2O/c1-7(3-4-7)8(2,5-9)10-6-11/h3-4H2,1-2H3. The first-order valence-electron chi connectivity index (χ1n) is 3.58.